The van der Waals surface area contributed by atoms with Gasteiger partial charge in [-0.3, -0.25) is 19.8 Å². The zero-order valence-electron chi connectivity index (χ0n) is 8.40. The Hall–Kier alpha value is -2.71. The number of anilines is 1. The van der Waals surface area contributed by atoms with E-state index in [9.17, 15) is 19.7 Å². The third kappa shape index (κ3) is 1.62. The van der Waals surface area contributed by atoms with E-state index in [0.29, 0.717) is 5.01 Å². The zero-order chi connectivity index (χ0) is 12.6. The predicted octanol–water partition coefficient (Wildman–Crippen LogP) is 0.572. The third-order valence-electron chi connectivity index (χ3n) is 2.11. The van der Waals surface area contributed by atoms with Crippen molar-refractivity contribution in [3.05, 3.63) is 22.2 Å². The number of hydrazone groups is 1. The lowest BCUT2D eigenvalue weighted by molar-refractivity contribution is -0.401. The molecule has 3 amide bonds. The summed E-state index contributed by atoms with van der Waals surface area (Å²) in [5.41, 5.74) is 0. The van der Waals surface area contributed by atoms with Crippen molar-refractivity contribution in [1.82, 2.24) is 5.01 Å². The molecule has 1 aliphatic heterocycles. The number of carbonyl (C=O) groups is 2. The number of furan rings is 1. The molecule has 1 aliphatic rings. The molecule has 1 aromatic heterocycles. The van der Waals surface area contributed by atoms with Gasteiger partial charge in [-0.2, -0.15) is 5.10 Å². The normalized spacial score (nSPS) is 15.5. The minimum atomic E-state index is -0.755. The monoisotopic (exact) mass is 238 g/mol. The molecule has 0 radical (unpaired) electrons. The predicted molar refractivity (Wildman–Crippen MR) is 54.5 cm³/mol. The average Bonchev–Trinajstić information content (AvgIpc) is 2.84. The Bertz CT molecular complexity index is 522. The van der Waals surface area contributed by atoms with Crippen LogP contribution in [0.2, 0.25) is 0 Å². The van der Waals surface area contributed by atoms with Gasteiger partial charge in [-0.25, -0.2) is 4.79 Å². The molecule has 0 atom stereocenters. The maximum Gasteiger partial charge on any atom is 0.434 e. The molecular weight excluding hydrogens is 232 g/mol. The minimum Gasteiger partial charge on any atom is -0.384 e. The molecule has 1 aromatic rings. The zero-order valence-corrected chi connectivity index (χ0v) is 8.40. The summed E-state index contributed by atoms with van der Waals surface area (Å²) in [5, 5.41) is 14.2. The molecule has 0 saturated carbocycles. The summed E-state index contributed by atoms with van der Waals surface area (Å²) in [4.78, 5) is 33.5. The molecule has 0 bridgehead atoms. The van der Waals surface area contributed by atoms with Gasteiger partial charge < -0.3 is 4.42 Å². The second kappa shape index (κ2) is 3.70. The van der Waals surface area contributed by atoms with Crippen molar-refractivity contribution in [2.75, 3.05) is 11.4 Å². The quantitative estimate of drug-likeness (QED) is 0.331. The second-order valence-corrected chi connectivity index (χ2v) is 3.08. The topological polar surface area (TPSA) is 109 Å². The summed E-state index contributed by atoms with van der Waals surface area (Å²) < 4.78 is 4.81. The molecule has 88 valence electrons. The van der Waals surface area contributed by atoms with Crippen LogP contribution in [0, 0.1) is 10.1 Å². The lowest BCUT2D eigenvalue weighted by atomic mass is 10.5. The SMILES string of the molecule is C=NN1C(=O)CN(c2ccc([N+](=O)[O-])o2)C1=O. The second-order valence-electron chi connectivity index (χ2n) is 3.08. The van der Waals surface area contributed by atoms with Gasteiger partial charge in [0.1, 0.15) is 11.5 Å². The molecule has 2 rings (SSSR count). The van der Waals surface area contributed by atoms with E-state index < -0.39 is 22.7 Å². The number of nitrogens with zero attached hydrogens (tertiary/aromatic N) is 4. The molecule has 2 heterocycles. The smallest absolute Gasteiger partial charge is 0.384 e. The average molecular weight is 238 g/mol. The largest absolute Gasteiger partial charge is 0.434 e. The summed E-state index contributed by atoms with van der Waals surface area (Å²) in [6, 6.07) is 1.57. The number of rotatable bonds is 3. The van der Waals surface area contributed by atoms with E-state index >= 15 is 0 Å². The van der Waals surface area contributed by atoms with Gasteiger partial charge in [0, 0.05) is 12.8 Å². The minimum absolute atomic E-state index is 0.0822. The first kappa shape index (κ1) is 10.8. The van der Waals surface area contributed by atoms with E-state index in [1.165, 1.54) is 6.07 Å². The van der Waals surface area contributed by atoms with Crippen molar-refractivity contribution in [3.8, 4) is 0 Å². The molecule has 1 fully saturated rings. The van der Waals surface area contributed by atoms with Crippen LogP contribution in [0.1, 0.15) is 0 Å². The Morgan fingerprint density at radius 3 is 2.65 bits per heavy atom. The van der Waals surface area contributed by atoms with Crippen LogP contribution in [0.15, 0.2) is 21.7 Å². The van der Waals surface area contributed by atoms with Gasteiger partial charge in [0.15, 0.2) is 0 Å². The number of hydrogen-bond acceptors (Lipinski definition) is 6. The highest BCUT2D eigenvalue weighted by Gasteiger charge is 2.38. The Labute approximate surface area is 94.0 Å². The molecule has 9 heteroatoms. The van der Waals surface area contributed by atoms with Gasteiger partial charge in [-0.05, 0) is 0 Å². The number of hydrogen-bond donors (Lipinski definition) is 0. The number of carbonyl (C=O) groups excluding carboxylic acids is 2. The Kier molecular flexibility index (Phi) is 2.35. The lowest BCUT2D eigenvalue weighted by Gasteiger charge is -2.09. The fraction of sp³-hybridized carbons (Fsp3) is 0.125. The number of imide groups is 1. The summed E-state index contributed by atoms with van der Waals surface area (Å²) >= 11 is 0. The number of nitro groups is 1. The van der Waals surface area contributed by atoms with Crippen molar-refractivity contribution in [1.29, 1.82) is 0 Å². The van der Waals surface area contributed by atoms with Crippen molar-refractivity contribution in [2.45, 2.75) is 0 Å². The highest BCUT2D eigenvalue weighted by molar-refractivity contribution is 6.11. The van der Waals surface area contributed by atoms with Crippen LogP contribution in [0.3, 0.4) is 0 Å². The molecule has 0 aromatic carbocycles. The first-order valence-electron chi connectivity index (χ1n) is 4.40. The first-order valence-corrected chi connectivity index (χ1v) is 4.40. The number of urea groups is 1. The summed E-state index contributed by atoms with van der Waals surface area (Å²) in [6.07, 6.45) is 0. The van der Waals surface area contributed by atoms with E-state index in [1.807, 2.05) is 0 Å². The van der Waals surface area contributed by atoms with Crippen LogP contribution in [-0.4, -0.2) is 35.1 Å². The van der Waals surface area contributed by atoms with Crippen LogP contribution >= 0.6 is 0 Å². The van der Waals surface area contributed by atoms with E-state index in [1.54, 1.807) is 0 Å². The van der Waals surface area contributed by atoms with E-state index in [4.69, 9.17) is 4.42 Å². The van der Waals surface area contributed by atoms with Crippen LogP contribution in [0.4, 0.5) is 16.6 Å². The van der Waals surface area contributed by atoms with Crippen molar-refractivity contribution >= 4 is 30.4 Å². The Morgan fingerprint density at radius 1 is 1.47 bits per heavy atom. The van der Waals surface area contributed by atoms with Gasteiger partial charge in [0.2, 0.25) is 5.88 Å². The summed E-state index contributed by atoms with van der Waals surface area (Å²) in [5.74, 6) is -1.17. The Balaban J connectivity index is 2.29. The molecule has 0 N–H and O–H groups in total. The molecule has 1 saturated heterocycles. The van der Waals surface area contributed by atoms with Crippen LogP contribution in [-0.2, 0) is 4.79 Å². The number of amides is 3. The van der Waals surface area contributed by atoms with Crippen LogP contribution in [0.5, 0.6) is 0 Å². The highest BCUT2D eigenvalue weighted by atomic mass is 16.6. The van der Waals surface area contributed by atoms with Gasteiger partial charge >= 0.3 is 11.9 Å². The fourth-order valence-electron chi connectivity index (χ4n) is 1.36. The maximum absolute atomic E-state index is 11.6. The van der Waals surface area contributed by atoms with Crippen LogP contribution < -0.4 is 4.90 Å². The molecular formula is C8H6N4O5. The van der Waals surface area contributed by atoms with Gasteiger partial charge in [-0.15, -0.1) is 5.01 Å². The standard InChI is InChI=1S/C8H6N4O5/c1-9-11-5(13)4-10(8(11)14)6-2-3-7(17-6)12(15)16/h2-3H,1,4H2. The molecule has 17 heavy (non-hydrogen) atoms. The van der Waals surface area contributed by atoms with Crippen molar-refractivity contribution in [2.24, 2.45) is 5.10 Å². The van der Waals surface area contributed by atoms with E-state index in [-0.39, 0.29) is 12.4 Å². The Morgan fingerprint density at radius 2 is 2.18 bits per heavy atom. The summed E-state index contributed by atoms with van der Waals surface area (Å²) in [6.45, 7) is 2.78. The van der Waals surface area contributed by atoms with Crippen molar-refractivity contribution in [3.63, 3.8) is 0 Å². The van der Waals surface area contributed by atoms with Crippen LogP contribution in [0.25, 0.3) is 0 Å². The molecule has 9 nitrogen and oxygen atoms in total. The lowest BCUT2D eigenvalue weighted by Crippen LogP contribution is -2.28. The third-order valence-corrected chi connectivity index (χ3v) is 2.11. The maximum atomic E-state index is 11.6. The molecule has 0 aliphatic carbocycles. The fourth-order valence-corrected chi connectivity index (χ4v) is 1.36. The summed E-state index contributed by atoms with van der Waals surface area (Å²) in [7, 11) is 0. The molecule has 0 spiro atoms. The van der Waals surface area contributed by atoms with Gasteiger partial charge in [0.05, 0.1) is 6.07 Å². The van der Waals surface area contributed by atoms with Gasteiger partial charge in [-0.1, -0.05) is 0 Å². The van der Waals surface area contributed by atoms with E-state index in [0.717, 1.165) is 11.0 Å². The van der Waals surface area contributed by atoms with Gasteiger partial charge in [0.25, 0.3) is 5.91 Å². The molecule has 0 unspecified atom stereocenters. The first-order chi connectivity index (χ1) is 8.04. The van der Waals surface area contributed by atoms with E-state index in [2.05, 4.69) is 11.8 Å². The van der Waals surface area contributed by atoms with Crippen molar-refractivity contribution < 1.29 is 18.9 Å². The highest BCUT2D eigenvalue weighted by Crippen LogP contribution is 2.27.